The van der Waals surface area contributed by atoms with Gasteiger partial charge in [-0.3, -0.25) is 33.3 Å². The van der Waals surface area contributed by atoms with Crippen LogP contribution in [0.15, 0.2) is 87.6 Å². The summed E-state index contributed by atoms with van der Waals surface area (Å²) in [6.07, 6.45) is 14.5. The van der Waals surface area contributed by atoms with Gasteiger partial charge in [-0.05, 0) is 73.7 Å². The van der Waals surface area contributed by atoms with Crippen LogP contribution in [0.1, 0.15) is 85.1 Å². The second-order valence-electron chi connectivity index (χ2n) is 16.2. The van der Waals surface area contributed by atoms with Gasteiger partial charge < -0.3 is 14.6 Å². The van der Waals surface area contributed by atoms with Gasteiger partial charge in [-0.15, -0.1) is 5.06 Å². The Balaban J connectivity index is 1.35. The van der Waals surface area contributed by atoms with Crippen LogP contribution in [0.3, 0.4) is 0 Å². The lowest BCUT2D eigenvalue weighted by atomic mass is 9.75. The summed E-state index contributed by atoms with van der Waals surface area (Å²) in [6.45, 7) is 10.5. The third kappa shape index (κ3) is 9.81. The molecule has 19 heteroatoms. The van der Waals surface area contributed by atoms with E-state index >= 15 is 0 Å². The van der Waals surface area contributed by atoms with Gasteiger partial charge in [0.05, 0.1) is 23.3 Å². The van der Waals surface area contributed by atoms with E-state index in [2.05, 4.69) is 4.90 Å². The number of nitrogens with zero attached hydrogens (tertiary/aromatic N) is 5. The van der Waals surface area contributed by atoms with Crippen LogP contribution in [-0.4, -0.2) is 109 Å². The first-order chi connectivity index (χ1) is 27.9. The second-order valence-corrected chi connectivity index (χ2v) is 19.2. The van der Waals surface area contributed by atoms with Crippen molar-refractivity contribution in [1.82, 2.24) is 15.0 Å². The number of carbonyl (C=O) groups excluding carboxylic acids is 4. The molecule has 0 spiro atoms. The molecule has 326 valence electrons. The summed E-state index contributed by atoms with van der Waals surface area (Å²) >= 11 is 0. The van der Waals surface area contributed by atoms with Gasteiger partial charge in [0, 0.05) is 73.5 Å². The van der Waals surface area contributed by atoms with Gasteiger partial charge in [0.25, 0.3) is 38.0 Å². The van der Waals surface area contributed by atoms with Crippen LogP contribution in [0.5, 0.6) is 0 Å². The Kier molecular flexibility index (Phi) is 13.5. The zero-order chi connectivity index (χ0) is 44.4. The molecule has 1 saturated heterocycles. The minimum Gasteiger partial charge on any atom is -0.350 e. The molecule has 0 aliphatic carbocycles. The molecule has 60 heavy (non-hydrogen) atoms. The van der Waals surface area contributed by atoms with E-state index in [1.165, 1.54) is 26.3 Å². The van der Waals surface area contributed by atoms with Crippen molar-refractivity contribution in [1.29, 1.82) is 0 Å². The number of carbonyl (C=O) groups is 4. The summed E-state index contributed by atoms with van der Waals surface area (Å²) in [6, 6.07) is 4.49. The van der Waals surface area contributed by atoms with Gasteiger partial charge in [-0.1, -0.05) is 52.3 Å². The van der Waals surface area contributed by atoms with E-state index in [9.17, 15) is 45.1 Å². The number of amides is 3. The Hall–Kier alpha value is -4.95. The first-order valence-corrected chi connectivity index (χ1v) is 22.6. The van der Waals surface area contributed by atoms with Crippen molar-refractivity contribution in [3.63, 3.8) is 0 Å². The topological polar surface area (TPSA) is 221 Å². The maximum absolute atomic E-state index is 13.2. The first kappa shape index (κ1) is 46.1. The van der Waals surface area contributed by atoms with E-state index in [4.69, 9.17) is 14.7 Å². The molecule has 0 saturated carbocycles. The van der Waals surface area contributed by atoms with Gasteiger partial charge in [0.2, 0.25) is 0 Å². The number of imide groups is 1. The molecule has 1 aromatic rings. The number of anilines is 1. The Bertz CT molecular complexity index is 2330. The quantitative estimate of drug-likeness (QED) is 0.0706. The lowest BCUT2D eigenvalue weighted by Crippen LogP contribution is -2.47. The van der Waals surface area contributed by atoms with Crippen LogP contribution >= 0.6 is 0 Å². The molecule has 1 atom stereocenters. The lowest BCUT2D eigenvalue weighted by molar-refractivity contribution is -0.197. The highest BCUT2D eigenvalue weighted by Gasteiger charge is 2.51. The summed E-state index contributed by atoms with van der Waals surface area (Å²) < 4.78 is 66.4. The first-order valence-electron chi connectivity index (χ1n) is 19.5. The fraction of sp³-hybridized carbons (Fsp3) is 0.488. The Morgan fingerprint density at radius 2 is 1.60 bits per heavy atom. The third-order valence-corrected chi connectivity index (χ3v) is 12.9. The van der Waals surface area contributed by atoms with Crippen molar-refractivity contribution in [2.75, 3.05) is 37.9 Å². The molecule has 1 unspecified atom stereocenters. The van der Waals surface area contributed by atoms with Crippen molar-refractivity contribution in [2.45, 2.75) is 95.5 Å². The van der Waals surface area contributed by atoms with Gasteiger partial charge in [-0.25, -0.2) is 9.86 Å². The molecule has 0 aromatic heterocycles. The number of allylic oxidation sites excluding steroid dienone is 6. The standard InChI is InChI=1S/C41H53N5O12S2/c1-39(2)30-26-29(60(54,55)56)18-19-31(30)45(23-13-9-12-17-37(49)58-46-35(47)20-21-36(46)48)34(39)16-11-8-10-15-33-40(3,4)32-25-28(38(50)43(6)57-7)27-44(41(32,5)42-33)22-14-24-59(51,52)53/h8,10-11,15-16,18-19,25-27H,9,12-14,17,20-24H2,1-7H3,(H,51,52,53)(H,54,55,56)/b11-8+,15-10+,34-16+. The number of benzene rings is 1. The van der Waals surface area contributed by atoms with Crippen molar-refractivity contribution in [2.24, 2.45) is 10.4 Å². The normalized spacial score (nSPS) is 21.8. The highest BCUT2D eigenvalue weighted by atomic mass is 32.2. The second kappa shape index (κ2) is 17.6. The molecule has 4 heterocycles. The van der Waals surface area contributed by atoms with E-state index in [-0.39, 0.29) is 37.1 Å². The van der Waals surface area contributed by atoms with Crippen LogP contribution in [0.25, 0.3) is 0 Å². The van der Waals surface area contributed by atoms with Gasteiger partial charge in [0.1, 0.15) is 0 Å². The fourth-order valence-electron chi connectivity index (χ4n) is 7.95. The molecule has 4 aliphatic rings. The van der Waals surface area contributed by atoms with E-state index in [0.717, 1.165) is 22.0 Å². The summed E-state index contributed by atoms with van der Waals surface area (Å²) in [5, 5.41) is 1.63. The van der Waals surface area contributed by atoms with Gasteiger partial charge >= 0.3 is 5.97 Å². The molecule has 0 radical (unpaired) electrons. The van der Waals surface area contributed by atoms with Crippen molar-refractivity contribution >= 4 is 55.3 Å². The molecule has 5 rings (SSSR count). The van der Waals surface area contributed by atoms with Crippen LogP contribution in [0.4, 0.5) is 5.69 Å². The molecule has 2 N–H and O–H groups in total. The predicted molar refractivity (Wildman–Crippen MR) is 222 cm³/mol. The SMILES string of the molecule is CON(C)C(=O)C1=CN(CCCS(=O)(=O)O)C2(C)N=C(/C=C/C=C/C=C3/N(CCCCCC(=O)ON4C(=O)CCC4=O)c4ccc(S(=O)(=O)O)cc4C3(C)C)C(C)(C)C2=C1. The Labute approximate surface area is 351 Å². The molecule has 0 bridgehead atoms. The van der Waals surface area contributed by atoms with Gasteiger partial charge in [0.15, 0.2) is 5.66 Å². The maximum Gasteiger partial charge on any atom is 0.333 e. The number of fused-ring (bicyclic) bond motifs is 2. The van der Waals surface area contributed by atoms with Crippen LogP contribution in [-0.2, 0) is 54.5 Å². The molecule has 4 aliphatic heterocycles. The van der Waals surface area contributed by atoms with Crippen LogP contribution in [0.2, 0.25) is 0 Å². The molecular formula is C41H53N5O12S2. The van der Waals surface area contributed by atoms with Gasteiger partial charge in [-0.2, -0.15) is 16.8 Å². The minimum absolute atomic E-state index is 0.0138. The van der Waals surface area contributed by atoms with E-state index in [1.54, 1.807) is 23.2 Å². The number of unbranched alkanes of at least 4 members (excludes halogenated alkanes) is 2. The fourth-order valence-corrected chi connectivity index (χ4v) is 8.95. The summed E-state index contributed by atoms with van der Waals surface area (Å²) in [7, 11) is -5.82. The van der Waals surface area contributed by atoms with Crippen molar-refractivity contribution < 1.29 is 54.8 Å². The summed E-state index contributed by atoms with van der Waals surface area (Å²) in [5.41, 5.74) is 1.84. The summed E-state index contributed by atoms with van der Waals surface area (Å²) in [4.78, 5) is 68.0. The molecular weight excluding hydrogens is 819 g/mol. The van der Waals surface area contributed by atoms with Crippen LogP contribution in [0, 0.1) is 5.41 Å². The predicted octanol–water partition coefficient (Wildman–Crippen LogP) is 4.82. The monoisotopic (exact) mass is 871 g/mol. The highest BCUT2D eigenvalue weighted by molar-refractivity contribution is 7.86. The lowest BCUT2D eigenvalue weighted by Gasteiger charge is -2.42. The Morgan fingerprint density at radius 1 is 0.917 bits per heavy atom. The largest absolute Gasteiger partial charge is 0.350 e. The number of hydroxylamine groups is 4. The van der Waals surface area contributed by atoms with E-state index < -0.39 is 66.2 Å². The number of hydrogen-bond donors (Lipinski definition) is 2. The molecule has 1 fully saturated rings. The number of rotatable bonds is 17. The third-order valence-electron chi connectivity index (χ3n) is 11.3. The average molecular weight is 872 g/mol. The van der Waals surface area contributed by atoms with Crippen molar-refractivity contribution in [3.8, 4) is 0 Å². The number of likely N-dealkylation sites (N-methyl/N-ethyl adjacent to an activating group) is 1. The van der Waals surface area contributed by atoms with Crippen molar-refractivity contribution in [3.05, 3.63) is 83.3 Å². The van der Waals surface area contributed by atoms with E-state index in [1.807, 2.05) is 65.0 Å². The average Bonchev–Trinajstić information content (AvgIpc) is 3.67. The Morgan fingerprint density at radius 3 is 2.23 bits per heavy atom. The maximum atomic E-state index is 13.2. The molecule has 17 nitrogen and oxygen atoms in total. The molecule has 1 aromatic carbocycles. The smallest absolute Gasteiger partial charge is 0.333 e. The van der Waals surface area contributed by atoms with Crippen LogP contribution < -0.4 is 4.90 Å². The summed E-state index contributed by atoms with van der Waals surface area (Å²) in [5.74, 6) is -2.61. The highest BCUT2D eigenvalue weighted by Crippen LogP contribution is 2.50. The molecule has 3 amide bonds. The zero-order valence-electron chi connectivity index (χ0n) is 34.9. The van der Waals surface area contributed by atoms with E-state index in [0.29, 0.717) is 47.7 Å². The zero-order valence-corrected chi connectivity index (χ0v) is 36.5. The number of hydrogen-bond acceptors (Lipinski definition) is 13. The number of aliphatic imine (C=N–C) groups is 1. The minimum atomic E-state index is -4.47.